The van der Waals surface area contributed by atoms with Crippen LogP contribution in [0.5, 0.6) is 0 Å². The number of benzene rings is 1. The number of aryl methyl sites for hydroxylation is 1. The van der Waals surface area contributed by atoms with Crippen molar-refractivity contribution in [2.75, 3.05) is 18.9 Å². The van der Waals surface area contributed by atoms with Gasteiger partial charge < -0.3 is 15.2 Å². The highest BCUT2D eigenvalue weighted by Gasteiger charge is 2.09. The minimum absolute atomic E-state index is 0.0107. The van der Waals surface area contributed by atoms with E-state index in [1.54, 1.807) is 4.57 Å². The zero-order chi connectivity index (χ0) is 18.4. The fraction of sp³-hybridized carbons (Fsp3) is 0.294. The lowest BCUT2D eigenvalue weighted by molar-refractivity contribution is -0.145. The maximum atomic E-state index is 11.7. The number of carbonyl (C=O) groups excluding carboxylic acids is 1. The maximum absolute atomic E-state index is 11.7. The van der Waals surface area contributed by atoms with Crippen molar-refractivity contribution in [3.8, 4) is 0 Å². The molecule has 2 aromatic heterocycles. The van der Waals surface area contributed by atoms with Crippen LogP contribution in [0.25, 0.3) is 11.2 Å². The number of nitrogens with one attached hydrogen (secondary N) is 1. The number of aromatic nitrogens is 4. The normalized spacial score (nSPS) is 10.9. The molecule has 3 rings (SSSR count). The Hall–Kier alpha value is -3.20. The molecular weight excluding hydrogens is 338 g/mol. The van der Waals surface area contributed by atoms with Gasteiger partial charge in [0.05, 0.1) is 12.9 Å². The van der Waals surface area contributed by atoms with Gasteiger partial charge in [-0.15, -0.1) is 0 Å². The average Bonchev–Trinajstić information content (AvgIpc) is 3.04. The molecule has 9 heteroatoms. The predicted molar refractivity (Wildman–Crippen MR) is 94.2 cm³/mol. The molecule has 136 valence electrons. The summed E-state index contributed by atoms with van der Waals surface area (Å²) >= 11 is 0. The van der Waals surface area contributed by atoms with Crippen LogP contribution in [0.4, 0.5) is 5.95 Å². The number of imidazole rings is 1. The molecule has 0 atom stereocenters. The van der Waals surface area contributed by atoms with Crippen molar-refractivity contribution in [3.05, 3.63) is 52.6 Å². The van der Waals surface area contributed by atoms with Crippen LogP contribution in [0.1, 0.15) is 12.0 Å². The highest BCUT2D eigenvalue weighted by atomic mass is 16.6. The van der Waals surface area contributed by atoms with Gasteiger partial charge in [0.15, 0.2) is 11.2 Å². The molecule has 0 amide bonds. The molecule has 0 bridgehead atoms. The van der Waals surface area contributed by atoms with Gasteiger partial charge in [0, 0.05) is 6.42 Å². The lowest BCUT2D eigenvalue weighted by Gasteiger charge is -2.07. The first-order chi connectivity index (χ1) is 12.6. The van der Waals surface area contributed by atoms with Crippen molar-refractivity contribution >= 4 is 23.1 Å². The number of nitrogen functional groups attached to an aromatic ring is 1. The van der Waals surface area contributed by atoms with Crippen LogP contribution in [0.15, 0.2) is 41.5 Å². The molecule has 3 N–H and O–H groups in total. The van der Waals surface area contributed by atoms with E-state index in [4.69, 9.17) is 15.2 Å². The van der Waals surface area contributed by atoms with Gasteiger partial charge in [-0.2, -0.15) is 4.98 Å². The molecule has 0 aliphatic heterocycles. The smallest absolute Gasteiger partial charge is 0.306 e. The number of nitrogens with two attached hydrogens (primary N) is 1. The van der Waals surface area contributed by atoms with Crippen molar-refractivity contribution in [2.45, 2.75) is 19.6 Å². The molecule has 0 aliphatic carbocycles. The first kappa shape index (κ1) is 17.6. The van der Waals surface area contributed by atoms with Gasteiger partial charge in [0.2, 0.25) is 5.95 Å². The van der Waals surface area contributed by atoms with Crippen LogP contribution < -0.4 is 11.3 Å². The first-order valence-electron chi connectivity index (χ1n) is 8.11. The van der Waals surface area contributed by atoms with Crippen LogP contribution in [0.2, 0.25) is 0 Å². The second-order valence-electron chi connectivity index (χ2n) is 5.58. The van der Waals surface area contributed by atoms with E-state index in [-0.39, 0.29) is 37.4 Å². The Bertz CT molecular complexity index is 935. The molecule has 0 spiro atoms. The molecule has 0 saturated heterocycles. The lowest BCUT2D eigenvalue weighted by atomic mass is 10.1. The fourth-order valence-corrected chi connectivity index (χ4v) is 2.41. The van der Waals surface area contributed by atoms with E-state index < -0.39 is 5.56 Å². The van der Waals surface area contributed by atoms with Crippen LogP contribution in [0.3, 0.4) is 0 Å². The molecule has 1 aromatic carbocycles. The molecule has 2 heterocycles. The van der Waals surface area contributed by atoms with E-state index in [1.807, 2.05) is 30.3 Å². The number of fused-ring (bicyclic) bond motifs is 1. The van der Waals surface area contributed by atoms with Crippen LogP contribution in [0, 0.1) is 0 Å². The molecule has 0 saturated carbocycles. The van der Waals surface area contributed by atoms with Crippen LogP contribution in [-0.2, 0) is 27.4 Å². The zero-order valence-corrected chi connectivity index (χ0v) is 14.1. The molecule has 0 fully saturated rings. The van der Waals surface area contributed by atoms with Crippen molar-refractivity contribution in [2.24, 2.45) is 0 Å². The summed E-state index contributed by atoms with van der Waals surface area (Å²) in [6.45, 7) is 0.486. The Labute approximate surface area is 148 Å². The second kappa shape index (κ2) is 8.26. The zero-order valence-electron chi connectivity index (χ0n) is 14.1. The summed E-state index contributed by atoms with van der Waals surface area (Å²) < 4.78 is 12.1. The third-order valence-corrected chi connectivity index (χ3v) is 3.67. The van der Waals surface area contributed by atoms with Gasteiger partial charge in [0.1, 0.15) is 13.3 Å². The van der Waals surface area contributed by atoms with Crippen molar-refractivity contribution < 1.29 is 14.3 Å². The van der Waals surface area contributed by atoms with E-state index in [2.05, 4.69) is 15.0 Å². The van der Waals surface area contributed by atoms with E-state index in [9.17, 15) is 9.59 Å². The largest absolute Gasteiger partial charge is 0.463 e. The number of hydrogen-bond acceptors (Lipinski definition) is 7. The second-order valence-corrected chi connectivity index (χ2v) is 5.58. The minimum atomic E-state index is -0.404. The Balaban J connectivity index is 1.39. The van der Waals surface area contributed by atoms with E-state index in [0.29, 0.717) is 18.5 Å². The molecule has 0 radical (unpaired) electrons. The fourth-order valence-electron chi connectivity index (χ4n) is 2.41. The highest BCUT2D eigenvalue weighted by molar-refractivity contribution is 5.70. The third-order valence-electron chi connectivity index (χ3n) is 3.67. The monoisotopic (exact) mass is 357 g/mol. The van der Waals surface area contributed by atoms with Gasteiger partial charge >= 0.3 is 5.97 Å². The van der Waals surface area contributed by atoms with Gasteiger partial charge in [0.25, 0.3) is 5.56 Å². The number of rotatable bonds is 8. The summed E-state index contributed by atoms with van der Waals surface area (Å²) in [7, 11) is 0. The average molecular weight is 357 g/mol. The molecule has 3 aromatic rings. The summed E-state index contributed by atoms with van der Waals surface area (Å²) in [5, 5.41) is 0. The highest BCUT2D eigenvalue weighted by Crippen LogP contribution is 2.06. The Morgan fingerprint density at radius 1 is 1.23 bits per heavy atom. The maximum Gasteiger partial charge on any atom is 0.306 e. The third kappa shape index (κ3) is 4.45. The van der Waals surface area contributed by atoms with E-state index in [1.165, 1.54) is 6.33 Å². The number of aromatic amines is 1. The summed E-state index contributed by atoms with van der Waals surface area (Å²) in [5.74, 6) is -0.261. The summed E-state index contributed by atoms with van der Waals surface area (Å²) in [4.78, 5) is 33.8. The quantitative estimate of drug-likeness (QED) is 0.452. The number of hydrogen-bond donors (Lipinski definition) is 2. The SMILES string of the molecule is Nc1nc2c(ncn2COCCOC(=O)CCc2ccccc2)c(=O)[nH]1. The number of carbonyl (C=O) groups is 1. The van der Waals surface area contributed by atoms with E-state index >= 15 is 0 Å². The molecular formula is C17H19N5O4. The Morgan fingerprint density at radius 3 is 2.85 bits per heavy atom. The number of anilines is 1. The summed E-state index contributed by atoms with van der Waals surface area (Å²) in [6, 6.07) is 9.74. The van der Waals surface area contributed by atoms with Gasteiger partial charge in [-0.05, 0) is 12.0 Å². The molecule has 0 aliphatic rings. The van der Waals surface area contributed by atoms with Crippen LogP contribution in [-0.4, -0.2) is 38.7 Å². The number of nitrogens with zero attached hydrogens (tertiary/aromatic N) is 3. The predicted octanol–water partition coefficient (Wildman–Crippen LogP) is 0.852. The van der Waals surface area contributed by atoms with Crippen molar-refractivity contribution in [1.82, 2.24) is 19.5 Å². The topological polar surface area (TPSA) is 125 Å². The van der Waals surface area contributed by atoms with Crippen molar-refractivity contribution in [1.29, 1.82) is 0 Å². The van der Waals surface area contributed by atoms with E-state index in [0.717, 1.165) is 5.56 Å². The van der Waals surface area contributed by atoms with Gasteiger partial charge in [-0.3, -0.25) is 19.1 Å². The number of ether oxygens (including phenoxy) is 2. The number of H-pyrrole nitrogens is 1. The molecule has 26 heavy (non-hydrogen) atoms. The first-order valence-corrected chi connectivity index (χ1v) is 8.11. The van der Waals surface area contributed by atoms with Crippen molar-refractivity contribution in [3.63, 3.8) is 0 Å². The lowest BCUT2D eigenvalue weighted by Crippen LogP contribution is -2.14. The Kier molecular flexibility index (Phi) is 5.59. The summed E-state index contributed by atoms with van der Waals surface area (Å²) in [5.41, 5.74) is 6.74. The Morgan fingerprint density at radius 2 is 2.04 bits per heavy atom. The molecule has 0 unspecified atom stereocenters. The number of esters is 1. The van der Waals surface area contributed by atoms with Gasteiger partial charge in [-0.25, -0.2) is 4.98 Å². The standard InChI is InChI=1S/C17H19N5O4/c18-17-20-15-14(16(24)21-17)19-10-22(15)11-25-8-9-26-13(23)7-6-12-4-2-1-3-5-12/h1-5,10H,6-9,11H2,(H3,18,20,21,24). The van der Waals surface area contributed by atoms with Crippen LogP contribution >= 0.6 is 0 Å². The molecule has 9 nitrogen and oxygen atoms in total. The van der Waals surface area contributed by atoms with Gasteiger partial charge in [-0.1, -0.05) is 30.3 Å². The minimum Gasteiger partial charge on any atom is -0.463 e. The summed E-state index contributed by atoms with van der Waals surface area (Å²) in [6.07, 6.45) is 2.41.